The Kier molecular flexibility index (Phi) is 5.18. The Bertz CT molecular complexity index is 371. The van der Waals surface area contributed by atoms with Crippen molar-refractivity contribution in [3.05, 3.63) is 0 Å². The highest BCUT2D eigenvalue weighted by Gasteiger charge is 2.39. The van der Waals surface area contributed by atoms with Gasteiger partial charge in [0.25, 0.3) is 0 Å². The fraction of sp³-hybridized carbons (Fsp3) is 0.857. The SMILES string of the molecule is CC1(C(=O)O)CCCN(C(=O)NCC2CCCCS2)C1. The maximum absolute atomic E-state index is 12.2. The van der Waals surface area contributed by atoms with E-state index in [1.54, 1.807) is 11.8 Å². The lowest BCUT2D eigenvalue weighted by molar-refractivity contribution is -0.150. The molecule has 0 aromatic rings. The van der Waals surface area contributed by atoms with Gasteiger partial charge in [-0.2, -0.15) is 11.8 Å². The first kappa shape index (κ1) is 15.5. The van der Waals surface area contributed by atoms with Crippen molar-refractivity contribution >= 4 is 23.8 Å². The Morgan fingerprint density at radius 3 is 2.85 bits per heavy atom. The van der Waals surface area contributed by atoms with Crippen LogP contribution in [0.3, 0.4) is 0 Å². The van der Waals surface area contributed by atoms with Crippen molar-refractivity contribution in [2.75, 3.05) is 25.4 Å². The monoisotopic (exact) mass is 300 g/mol. The summed E-state index contributed by atoms with van der Waals surface area (Å²) in [6.45, 7) is 3.40. The number of urea groups is 1. The van der Waals surface area contributed by atoms with Gasteiger partial charge in [0.1, 0.15) is 0 Å². The van der Waals surface area contributed by atoms with Crippen molar-refractivity contribution in [2.24, 2.45) is 5.41 Å². The second-order valence-corrected chi connectivity index (χ2v) is 7.47. The van der Waals surface area contributed by atoms with Crippen LogP contribution in [0.25, 0.3) is 0 Å². The molecule has 0 aromatic heterocycles. The molecule has 0 bridgehead atoms. The summed E-state index contributed by atoms with van der Waals surface area (Å²) in [6.07, 6.45) is 5.09. The van der Waals surface area contributed by atoms with Crippen LogP contribution in [0.5, 0.6) is 0 Å². The minimum atomic E-state index is -0.808. The summed E-state index contributed by atoms with van der Waals surface area (Å²) >= 11 is 1.93. The van der Waals surface area contributed by atoms with Gasteiger partial charge in [0.15, 0.2) is 0 Å². The van der Waals surface area contributed by atoms with E-state index in [0.717, 1.165) is 12.8 Å². The zero-order valence-electron chi connectivity index (χ0n) is 12.1. The van der Waals surface area contributed by atoms with Gasteiger partial charge in [-0.3, -0.25) is 4.79 Å². The van der Waals surface area contributed by atoms with Gasteiger partial charge in [-0.15, -0.1) is 0 Å². The number of amides is 2. The van der Waals surface area contributed by atoms with E-state index >= 15 is 0 Å². The van der Waals surface area contributed by atoms with Crippen LogP contribution < -0.4 is 5.32 Å². The van der Waals surface area contributed by atoms with Gasteiger partial charge in [0, 0.05) is 24.9 Å². The minimum absolute atomic E-state index is 0.108. The van der Waals surface area contributed by atoms with E-state index in [1.807, 2.05) is 11.8 Å². The molecule has 6 heteroatoms. The maximum Gasteiger partial charge on any atom is 0.317 e. The quantitative estimate of drug-likeness (QED) is 0.838. The Balaban J connectivity index is 1.81. The average molecular weight is 300 g/mol. The van der Waals surface area contributed by atoms with Crippen LogP contribution in [0, 0.1) is 5.41 Å². The highest BCUT2D eigenvalue weighted by atomic mass is 32.2. The molecule has 2 fully saturated rings. The molecule has 2 heterocycles. The maximum atomic E-state index is 12.2. The second kappa shape index (κ2) is 6.70. The largest absolute Gasteiger partial charge is 0.481 e. The molecule has 20 heavy (non-hydrogen) atoms. The summed E-state index contributed by atoms with van der Waals surface area (Å²) in [5.41, 5.74) is -0.796. The molecule has 0 aliphatic carbocycles. The Morgan fingerprint density at radius 1 is 1.40 bits per heavy atom. The zero-order valence-corrected chi connectivity index (χ0v) is 12.9. The van der Waals surface area contributed by atoms with E-state index in [-0.39, 0.29) is 6.03 Å². The van der Waals surface area contributed by atoms with Gasteiger partial charge in [0.2, 0.25) is 0 Å². The Hall–Kier alpha value is -0.910. The van der Waals surface area contributed by atoms with E-state index in [4.69, 9.17) is 0 Å². The van der Waals surface area contributed by atoms with Crippen LogP contribution in [-0.4, -0.2) is 52.6 Å². The van der Waals surface area contributed by atoms with Gasteiger partial charge in [-0.25, -0.2) is 4.79 Å². The number of hydrogen-bond acceptors (Lipinski definition) is 3. The van der Waals surface area contributed by atoms with Crippen molar-refractivity contribution in [2.45, 2.75) is 44.3 Å². The molecule has 114 valence electrons. The van der Waals surface area contributed by atoms with Crippen molar-refractivity contribution in [3.63, 3.8) is 0 Å². The lowest BCUT2D eigenvalue weighted by Gasteiger charge is -2.37. The molecular weight excluding hydrogens is 276 g/mol. The standard InChI is InChI=1S/C14H24N2O3S/c1-14(12(17)18)6-4-7-16(10-14)13(19)15-9-11-5-2-3-8-20-11/h11H,2-10H2,1H3,(H,15,19)(H,17,18). The van der Waals surface area contributed by atoms with Gasteiger partial charge in [0.05, 0.1) is 5.41 Å². The fourth-order valence-electron chi connectivity index (χ4n) is 2.87. The summed E-state index contributed by atoms with van der Waals surface area (Å²) in [7, 11) is 0. The topological polar surface area (TPSA) is 69.6 Å². The van der Waals surface area contributed by atoms with Crippen LogP contribution in [0.15, 0.2) is 0 Å². The second-order valence-electron chi connectivity index (χ2n) is 6.07. The molecule has 2 unspecified atom stereocenters. The van der Waals surface area contributed by atoms with Crippen molar-refractivity contribution in [1.29, 1.82) is 0 Å². The van der Waals surface area contributed by atoms with Crippen LogP contribution in [-0.2, 0) is 4.79 Å². The van der Waals surface area contributed by atoms with Crippen LogP contribution in [0.2, 0.25) is 0 Å². The average Bonchev–Trinajstić information content (AvgIpc) is 2.46. The van der Waals surface area contributed by atoms with Gasteiger partial charge in [-0.1, -0.05) is 6.42 Å². The Labute approximate surface area is 124 Å². The number of thioether (sulfide) groups is 1. The van der Waals surface area contributed by atoms with E-state index < -0.39 is 11.4 Å². The minimum Gasteiger partial charge on any atom is -0.481 e. The van der Waals surface area contributed by atoms with Crippen LogP contribution in [0.1, 0.15) is 39.0 Å². The van der Waals surface area contributed by atoms with Crippen LogP contribution in [0.4, 0.5) is 4.79 Å². The third-order valence-electron chi connectivity index (χ3n) is 4.25. The van der Waals surface area contributed by atoms with Crippen molar-refractivity contribution < 1.29 is 14.7 Å². The number of likely N-dealkylation sites (tertiary alicyclic amines) is 1. The number of carboxylic acid groups (broad SMARTS) is 1. The smallest absolute Gasteiger partial charge is 0.317 e. The number of carboxylic acids is 1. The first-order valence-electron chi connectivity index (χ1n) is 7.39. The molecular formula is C14H24N2O3S. The number of carbonyl (C=O) groups excluding carboxylic acids is 1. The molecule has 0 radical (unpaired) electrons. The molecule has 0 spiro atoms. The summed E-state index contributed by atoms with van der Waals surface area (Å²) in [5, 5.41) is 12.8. The number of nitrogens with one attached hydrogen (secondary N) is 1. The third-order valence-corrected chi connectivity index (χ3v) is 5.65. The lowest BCUT2D eigenvalue weighted by atomic mass is 9.82. The molecule has 2 rings (SSSR count). The van der Waals surface area contributed by atoms with Crippen LogP contribution >= 0.6 is 11.8 Å². The normalized spacial score (nSPS) is 30.9. The fourth-order valence-corrected chi connectivity index (χ4v) is 4.11. The predicted octanol–water partition coefficient (Wildman–Crippen LogP) is 2.17. The van der Waals surface area contributed by atoms with E-state index in [9.17, 15) is 14.7 Å². The summed E-state index contributed by atoms with van der Waals surface area (Å²) in [5.74, 6) is 0.374. The van der Waals surface area contributed by atoms with E-state index in [0.29, 0.717) is 31.3 Å². The van der Waals surface area contributed by atoms with Gasteiger partial charge < -0.3 is 15.3 Å². The lowest BCUT2D eigenvalue weighted by Crippen LogP contribution is -2.52. The third kappa shape index (κ3) is 3.81. The summed E-state index contributed by atoms with van der Waals surface area (Å²) < 4.78 is 0. The number of aliphatic carboxylic acids is 1. The number of carbonyl (C=O) groups is 2. The number of rotatable bonds is 3. The van der Waals surface area contributed by atoms with E-state index in [2.05, 4.69) is 5.32 Å². The molecule has 0 aromatic carbocycles. The highest BCUT2D eigenvalue weighted by molar-refractivity contribution is 7.99. The number of piperidine rings is 1. The molecule has 2 saturated heterocycles. The molecule has 2 amide bonds. The predicted molar refractivity (Wildman–Crippen MR) is 80.0 cm³/mol. The van der Waals surface area contributed by atoms with Gasteiger partial charge >= 0.3 is 12.0 Å². The molecule has 2 atom stereocenters. The summed E-state index contributed by atoms with van der Waals surface area (Å²) in [6, 6.07) is -0.108. The molecule has 2 aliphatic rings. The molecule has 2 aliphatic heterocycles. The van der Waals surface area contributed by atoms with Gasteiger partial charge in [-0.05, 0) is 38.4 Å². The van der Waals surface area contributed by atoms with E-state index in [1.165, 1.54) is 18.6 Å². The molecule has 0 saturated carbocycles. The first-order valence-corrected chi connectivity index (χ1v) is 8.44. The number of hydrogen-bond donors (Lipinski definition) is 2. The van der Waals surface area contributed by atoms with Crippen molar-refractivity contribution in [1.82, 2.24) is 10.2 Å². The number of nitrogens with zero attached hydrogens (tertiary/aromatic N) is 1. The van der Waals surface area contributed by atoms with Crippen molar-refractivity contribution in [3.8, 4) is 0 Å². The first-order chi connectivity index (χ1) is 9.51. The Morgan fingerprint density at radius 2 is 2.20 bits per heavy atom. The zero-order chi connectivity index (χ0) is 14.6. The summed E-state index contributed by atoms with van der Waals surface area (Å²) in [4.78, 5) is 25.1. The molecule has 2 N–H and O–H groups in total. The molecule has 5 nitrogen and oxygen atoms in total. The highest BCUT2D eigenvalue weighted by Crippen LogP contribution is 2.30.